The molecular formula is C18H28N6OS. The normalized spacial score (nSPS) is 16.1. The second kappa shape index (κ2) is 9.25. The summed E-state index contributed by atoms with van der Waals surface area (Å²) >= 11 is 1.56. The fourth-order valence-corrected chi connectivity index (χ4v) is 3.97. The van der Waals surface area contributed by atoms with Crippen LogP contribution < -0.4 is 10.6 Å². The van der Waals surface area contributed by atoms with Gasteiger partial charge in [-0.3, -0.25) is 0 Å². The van der Waals surface area contributed by atoms with Gasteiger partial charge in [0.05, 0.1) is 7.11 Å². The molecule has 1 fully saturated rings. The molecule has 0 radical (unpaired) electrons. The minimum absolute atomic E-state index is 0.701. The van der Waals surface area contributed by atoms with Crippen LogP contribution in [0.15, 0.2) is 29.7 Å². The van der Waals surface area contributed by atoms with Gasteiger partial charge in [0.25, 0.3) is 0 Å². The molecule has 1 aliphatic heterocycles. The first-order chi connectivity index (χ1) is 12.7. The smallest absolute Gasteiger partial charge is 0.209 e. The Hall–Kier alpha value is -1.77. The van der Waals surface area contributed by atoms with Crippen molar-refractivity contribution in [1.82, 2.24) is 24.7 Å². The highest BCUT2D eigenvalue weighted by molar-refractivity contribution is 7.98. The van der Waals surface area contributed by atoms with Gasteiger partial charge in [-0.15, -0.1) is 10.2 Å². The molecule has 142 valence electrons. The van der Waals surface area contributed by atoms with E-state index in [-0.39, 0.29) is 0 Å². The Bertz CT molecular complexity index is 699. The molecule has 0 atom stereocenters. The molecule has 0 amide bonds. The molecule has 8 heteroatoms. The molecule has 0 spiro atoms. The van der Waals surface area contributed by atoms with Gasteiger partial charge in [-0.2, -0.15) is 0 Å². The largest absolute Gasteiger partial charge is 0.496 e. The Kier molecular flexibility index (Phi) is 6.76. The van der Waals surface area contributed by atoms with Crippen LogP contribution in [0.4, 0.5) is 0 Å². The van der Waals surface area contributed by atoms with Crippen LogP contribution in [-0.4, -0.2) is 71.6 Å². The van der Waals surface area contributed by atoms with Gasteiger partial charge >= 0.3 is 0 Å². The van der Waals surface area contributed by atoms with Crippen LogP contribution in [0.25, 0.3) is 0 Å². The number of rotatable bonds is 8. The number of ether oxygens (including phenoxy) is 1. The Morgan fingerprint density at radius 2 is 2.04 bits per heavy atom. The second-order valence-electron chi connectivity index (χ2n) is 6.70. The number of benzene rings is 1. The number of aromatic nitrogens is 3. The molecule has 0 aliphatic carbocycles. The average molecular weight is 377 g/mol. The maximum Gasteiger partial charge on any atom is 0.209 e. The number of hydrogen-bond acceptors (Lipinski definition) is 7. The van der Waals surface area contributed by atoms with Crippen molar-refractivity contribution in [2.75, 3.05) is 52.7 Å². The summed E-state index contributed by atoms with van der Waals surface area (Å²) in [6, 6.07) is 6.48. The molecule has 1 saturated heterocycles. The van der Waals surface area contributed by atoms with Crippen LogP contribution in [0.5, 0.6) is 5.75 Å². The van der Waals surface area contributed by atoms with E-state index in [1.807, 2.05) is 0 Å². The number of hydrogen-bond donors (Lipinski definition) is 1. The summed E-state index contributed by atoms with van der Waals surface area (Å²) in [6.45, 7) is 5.88. The van der Waals surface area contributed by atoms with E-state index in [9.17, 15) is 0 Å². The number of nitrogens with two attached hydrogens (primary N) is 1. The van der Waals surface area contributed by atoms with E-state index in [4.69, 9.17) is 10.6 Å². The number of nitrogen functional groups attached to an aromatic ring is 1. The van der Waals surface area contributed by atoms with Gasteiger partial charge < -0.3 is 20.4 Å². The molecule has 2 aromatic rings. The number of nitrogens with zero attached hydrogens (tertiary/aromatic N) is 5. The van der Waals surface area contributed by atoms with E-state index in [0.717, 1.165) is 23.5 Å². The maximum absolute atomic E-state index is 5.78. The van der Waals surface area contributed by atoms with Gasteiger partial charge in [-0.25, -0.2) is 4.68 Å². The van der Waals surface area contributed by atoms with E-state index in [1.165, 1.54) is 55.7 Å². The summed E-state index contributed by atoms with van der Waals surface area (Å²) < 4.78 is 6.95. The van der Waals surface area contributed by atoms with Crippen LogP contribution in [-0.2, 0) is 12.2 Å². The Morgan fingerprint density at radius 3 is 2.73 bits per heavy atom. The molecule has 0 saturated carbocycles. The van der Waals surface area contributed by atoms with Gasteiger partial charge in [-0.1, -0.05) is 23.9 Å². The van der Waals surface area contributed by atoms with Crippen molar-refractivity contribution in [3.63, 3.8) is 0 Å². The molecule has 1 aromatic carbocycles. The van der Waals surface area contributed by atoms with Crippen LogP contribution in [0, 0.1) is 0 Å². The fraction of sp³-hybridized carbons (Fsp3) is 0.556. The highest BCUT2D eigenvalue weighted by atomic mass is 32.2. The highest BCUT2D eigenvalue weighted by Crippen LogP contribution is 2.27. The number of methoxy groups -OCH3 is 1. The zero-order chi connectivity index (χ0) is 18.4. The summed E-state index contributed by atoms with van der Waals surface area (Å²) in [5.74, 6) is 7.44. The standard InChI is InChI=1S/C18H28N6OS/c1-22-8-10-23(11-9-22)7-3-4-15-5-6-17(25-2)16(12-15)13-26-18-21-20-14-24(18)19/h5-6,12,14H,3-4,7-11,13,19H2,1-2H3. The summed E-state index contributed by atoms with van der Waals surface area (Å²) in [5.41, 5.74) is 2.52. The topological polar surface area (TPSA) is 72.4 Å². The van der Waals surface area contributed by atoms with Crippen LogP contribution in [0.2, 0.25) is 0 Å². The third kappa shape index (κ3) is 5.12. The van der Waals surface area contributed by atoms with E-state index in [0.29, 0.717) is 5.16 Å². The van der Waals surface area contributed by atoms with Gasteiger partial charge in [0, 0.05) is 37.5 Å². The van der Waals surface area contributed by atoms with Gasteiger partial charge in [0.2, 0.25) is 5.16 Å². The number of aryl methyl sites for hydroxylation is 1. The SMILES string of the molecule is COc1ccc(CCCN2CCN(C)CC2)cc1CSc1nncn1N. The summed E-state index contributed by atoms with van der Waals surface area (Å²) in [7, 11) is 3.91. The molecule has 3 rings (SSSR count). The number of piperazine rings is 1. The Morgan fingerprint density at radius 1 is 1.23 bits per heavy atom. The monoisotopic (exact) mass is 376 g/mol. The van der Waals surface area contributed by atoms with Crippen molar-refractivity contribution in [3.8, 4) is 5.75 Å². The molecule has 0 bridgehead atoms. The molecule has 1 aliphatic rings. The third-order valence-corrected chi connectivity index (χ3v) is 5.78. The number of thioether (sulfide) groups is 1. The molecular weight excluding hydrogens is 348 g/mol. The van der Waals surface area contributed by atoms with Crippen LogP contribution in [0.1, 0.15) is 17.5 Å². The van der Waals surface area contributed by atoms with E-state index >= 15 is 0 Å². The third-order valence-electron chi connectivity index (χ3n) is 4.78. The van der Waals surface area contributed by atoms with Crippen LogP contribution in [0.3, 0.4) is 0 Å². The zero-order valence-electron chi connectivity index (χ0n) is 15.6. The molecule has 2 N–H and O–H groups in total. The Labute approximate surface area is 159 Å². The van der Waals surface area contributed by atoms with E-state index in [1.54, 1.807) is 18.9 Å². The first-order valence-corrected chi connectivity index (χ1v) is 9.99. The lowest BCUT2D eigenvalue weighted by molar-refractivity contribution is 0.153. The first kappa shape index (κ1) is 19.0. The predicted molar refractivity (Wildman–Crippen MR) is 105 cm³/mol. The summed E-state index contributed by atoms with van der Waals surface area (Å²) in [5, 5.41) is 8.53. The summed E-state index contributed by atoms with van der Waals surface area (Å²) in [4.78, 5) is 4.96. The van der Waals surface area contributed by atoms with Crippen molar-refractivity contribution < 1.29 is 4.74 Å². The predicted octanol–water partition coefficient (Wildman–Crippen LogP) is 1.47. The van der Waals surface area contributed by atoms with Gasteiger partial charge in [0.1, 0.15) is 12.1 Å². The lowest BCUT2D eigenvalue weighted by Gasteiger charge is -2.32. The highest BCUT2D eigenvalue weighted by Gasteiger charge is 2.13. The fourth-order valence-electron chi connectivity index (χ4n) is 3.16. The molecule has 0 unspecified atom stereocenters. The first-order valence-electron chi connectivity index (χ1n) is 9.00. The number of likely N-dealkylation sites (N-methyl/N-ethyl adjacent to an activating group) is 1. The van der Waals surface area contributed by atoms with Crippen molar-refractivity contribution in [2.24, 2.45) is 0 Å². The van der Waals surface area contributed by atoms with Crippen molar-refractivity contribution in [3.05, 3.63) is 35.7 Å². The van der Waals surface area contributed by atoms with Crippen molar-refractivity contribution in [2.45, 2.75) is 23.8 Å². The molecule has 2 heterocycles. The summed E-state index contributed by atoms with van der Waals surface area (Å²) in [6.07, 6.45) is 3.77. The van der Waals surface area contributed by atoms with E-state index in [2.05, 4.69) is 45.2 Å². The average Bonchev–Trinajstić information content (AvgIpc) is 3.06. The minimum Gasteiger partial charge on any atom is -0.496 e. The zero-order valence-corrected chi connectivity index (χ0v) is 16.4. The van der Waals surface area contributed by atoms with Crippen LogP contribution >= 0.6 is 11.8 Å². The molecule has 26 heavy (non-hydrogen) atoms. The minimum atomic E-state index is 0.701. The van der Waals surface area contributed by atoms with Gasteiger partial charge in [-0.05, 0) is 38.1 Å². The lowest BCUT2D eigenvalue weighted by atomic mass is 10.1. The van der Waals surface area contributed by atoms with E-state index < -0.39 is 0 Å². The Balaban J connectivity index is 1.53. The maximum atomic E-state index is 5.78. The quantitative estimate of drug-likeness (QED) is 0.552. The second-order valence-corrected chi connectivity index (χ2v) is 7.65. The lowest BCUT2D eigenvalue weighted by Crippen LogP contribution is -2.44. The molecule has 7 nitrogen and oxygen atoms in total. The van der Waals surface area contributed by atoms with Crippen molar-refractivity contribution >= 4 is 11.8 Å². The van der Waals surface area contributed by atoms with Gasteiger partial charge in [0.15, 0.2) is 0 Å². The van der Waals surface area contributed by atoms with Crippen molar-refractivity contribution in [1.29, 1.82) is 0 Å². The molecule has 1 aromatic heterocycles.